The Morgan fingerprint density at radius 3 is 2.65 bits per heavy atom. The first-order chi connectivity index (χ1) is 9.47. The van der Waals surface area contributed by atoms with Crippen LogP contribution in [0.5, 0.6) is 0 Å². The second-order valence-electron chi connectivity index (χ2n) is 5.84. The molecule has 0 amide bonds. The van der Waals surface area contributed by atoms with Crippen molar-refractivity contribution in [1.82, 2.24) is 9.97 Å². The fraction of sp³-hybridized carbons (Fsp3) is 0.471. The number of aromatic nitrogens is 2. The number of hydrogen-bond acceptors (Lipinski definition) is 3. The molecular weight excluding hydrogens is 246 g/mol. The van der Waals surface area contributed by atoms with Crippen LogP contribution in [0, 0.1) is 0 Å². The molecule has 1 aromatic rings. The Balaban J connectivity index is 2.29. The van der Waals surface area contributed by atoms with Gasteiger partial charge in [-0.3, -0.25) is 4.99 Å². The van der Waals surface area contributed by atoms with Gasteiger partial charge in [0.1, 0.15) is 5.82 Å². The first-order valence-electron chi connectivity index (χ1n) is 7.22. The standard InChI is InChI=1S/C17H23N3/c1-11(2)17-19-10-15-8-14(6-7-16(15)20-17)13(5)9-18-12(3)4/h8-11H,6-7H2,1-5H3/b13-9+. The van der Waals surface area contributed by atoms with Crippen LogP contribution in [0.1, 0.15) is 64.0 Å². The number of allylic oxidation sites excluding steroid dienone is 2. The predicted molar refractivity (Wildman–Crippen MR) is 85.0 cm³/mol. The van der Waals surface area contributed by atoms with Gasteiger partial charge in [-0.15, -0.1) is 0 Å². The highest BCUT2D eigenvalue weighted by atomic mass is 14.9. The summed E-state index contributed by atoms with van der Waals surface area (Å²) in [6.07, 6.45) is 8.13. The van der Waals surface area contributed by atoms with E-state index in [2.05, 4.69) is 41.8 Å². The SMILES string of the molecule is CC(C)=N/C=C(\C)C1=Cc2cnc(C(C)C)nc2CC1. The third-order valence-corrected chi connectivity index (χ3v) is 3.42. The molecule has 0 aliphatic heterocycles. The summed E-state index contributed by atoms with van der Waals surface area (Å²) in [7, 11) is 0. The van der Waals surface area contributed by atoms with Crippen LogP contribution in [0.4, 0.5) is 0 Å². The largest absolute Gasteiger partial charge is 0.266 e. The zero-order chi connectivity index (χ0) is 14.7. The molecule has 3 heteroatoms. The van der Waals surface area contributed by atoms with Crippen molar-refractivity contribution >= 4 is 11.8 Å². The van der Waals surface area contributed by atoms with Gasteiger partial charge in [-0.1, -0.05) is 13.8 Å². The van der Waals surface area contributed by atoms with E-state index in [0.29, 0.717) is 5.92 Å². The van der Waals surface area contributed by atoms with E-state index in [-0.39, 0.29) is 0 Å². The van der Waals surface area contributed by atoms with E-state index in [4.69, 9.17) is 0 Å². The van der Waals surface area contributed by atoms with E-state index in [0.717, 1.165) is 29.9 Å². The van der Waals surface area contributed by atoms with Crippen molar-refractivity contribution in [2.24, 2.45) is 4.99 Å². The normalized spacial score (nSPS) is 14.9. The van der Waals surface area contributed by atoms with Gasteiger partial charge in [-0.25, -0.2) is 9.97 Å². The zero-order valence-electron chi connectivity index (χ0n) is 13.1. The van der Waals surface area contributed by atoms with Crippen LogP contribution < -0.4 is 0 Å². The minimum Gasteiger partial charge on any atom is -0.266 e. The number of hydrogen-bond donors (Lipinski definition) is 0. The van der Waals surface area contributed by atoms with Gasteiger partial charge in [0.2, 0.25) is 0 Å². The van der Waals surface area contributed by atoms with E-state index in [1.54, 1.807) is 0 Å². The van der Waals surface area contributed by atoms with Gasteiger partial charge < -0.3 is 0 Å². The van der Waals surface area contributed by atoms with Gasteiger partial charge in [0, 0.05) is 29.6 Å². The van der Waals surface area contributed by atoms with Crippen LogP contribution in [-0.4, -0.2) is 15.7 Å². The lowest BCUT2D eigenvalue weighted by atomic mass is 9.93. The summed E-state index contributed by atoms with van der Waals surface area (Å²) in [6.45, 7) is 10.4. The summed E-state index contributed by atoms with van der Waals surface area (Å²) in [5.41, 5.74) is 5.97. The molecule has 0 unspecified atom stereocenters. The maximum atomic E-state index is 4.68. The first-order valence-corrected chi connectivity index (χ1v) is 7.22. The minimum atomic E-state index is 0.383. The summed E-state index contributed by atoms with van der Waals surface area (Å²) in [5, 5.41) is 0. The molecule has 0 saturated heterocycles. The fourth-order valence-corrected chi connectivity index (χ4v) is 2.17. The highest BCUT2D eigenvalue weighted by Crippen LogP contribution is 2.27. The number of rotatable bonds is 3. The van der Waals surface area contributed by atoms with Crippen LogP contribution in [0.25, 0.3) is 6.08 Å². The van der Waals surface area contributed by atoms with Crippen molar-refractivity contribution in [3.8, 4) is 0 Å². The Labute approximate surface area is 121 Å². The quantitative estimate of drug-likeness (QED) is 0.767. The fourth-order valence-electron chi connectivity index (χ4n) is 2.17. The number of aliphatic imine (C=N–C) groups is 1. The van der Waals surface area contributed by atoms with Crippen LogP contribution in [-0.2, 0) is 6.42 Å². The van der Waals surface area contributed by atoms with Gasteiger partial charge in [-0.05, 0) is 50.8 Å². The molecule has 20 heavy (non-hydrogen) atoms. The third kappa shape index (κ3) is 3.41. The molecule has 1 aliphatic carbocycles. The Bertz CT molecular complexity index is 588. The molecule has 0 bridgehead atoms. The van der Waals surface area contributed by atoms with Crippen molar-refractivity contribution in [3.63, 3.8) is 0 Å². The van der Waals surface area contributed by atoms with Crippen LogP contribution >= 0.6 is 0 Å². The zero-order valence-corrected chi connectivity index (χ0v) is 13.1. The summed E-state index contributed by atoms with van der Waals surface area (Å²) in [5.74, 6) is 1.33. The smallest absolute Gasteiger partial charge is 0.131 e. The maximum absolute atomic E-state index is 4.68. The van der Waals surface area contributed by atoms with Crippen LogP contribution in [0.2, 0.25) is 0 Å². The van der Waals surface area contributed by atoms with Crippen LogP contribution in [0.3, 0.4) is 0 Å². The van der Waals surface area contributed by atoms with Crippen LogP contribution in [0.15, 0.2) is 28.5 Å². The molecule has 0 fully saturated rings. The Morgan fingerprint density at radius 1 is 1.25 bits per heavy atom. The second kappa shape index (κ2) is 6.12. The third-order valence-electron chi connectivity index (χ3n) is 3.42. The van der Waals surface area contributed by atoms with Gasteiger partial charge >= 0.3 is 0 Å². The summed E-state index contributed by atoms with van der Waals surface area (Å²) >= 11 is 0. The summed E-state index contributed by atoms with van der Waals surface area (Å²) in [6, 6.07) is 0. The van der Waals surface area contributed by atoms with Crippen molar-refractivity contribution in [1.29, 1.82) is 0 Å². The number of aryl methyl sites for hydroxylation is 1. The van der Waals surface area contributed by atoms with Gasteiger partial charge in [-0.2, -0.15) is 0 Å². The van der Waals surface area contributed by atoms with Gasteiger partial charge in [0.15, 0.2) is 0 Å². The van der Waals surface area contributed by atoms with E-state index < -0.39 is 0 Å². The summed E-state index contributed by atoms with van der Waals surface area (Å²) < 4.78 is 0. The molecule has 1 aliphatic rings. The molecule has 0 atom stereocenters. The van der Waals surface area contributed by atoms with E-state index in [1.165, 1.54) is 16.8 Å². The van der Waals surface area contributed by atoms with E-state index >= 15 is 0 Å². The molecular formula is C17H23N3. The number of nitrogens with zero attached hydrogens (tertiary/aromatic N) is 3. The average Bonchev–Trinajstić information content (AvgIpc) is 2.43. The van der Waals surface area contributed by atoms with Crippen molar-refractivity contribution in [3.05, 3.63) is 40.6 Å². The molecule has 0 aromatic carbocycles. The monoisotopic (exact) mass is 269 g/mol. The molecule has 2 rings (SSSR count). The first kappa shape index (κ1) is 14.6. The van der Waals surface area contributed by atoms with E-state index in [1.807, 2.05) is 26.2 Å². The molecule has 106 valence electrons. The molecule has 1 aromatic heterocycles. The maximum Gasteiger partial charge on any atom is 0.131 e. The second-order valence-corrected chi connectivity index (χ2v) is 5.84. The topological polar surface area (TPSA) is 38.1 Å². The number of fused-ring (bicyclic) bond motifs is 1. The average molecular weight is 269 g/mol. The lowest BCUT2D eigenvalue weighted by molar-refractivity contribution is 0.745. The van der Waals surface area contributed by atoms with Gasteiger partial charge in [0.25, 0.3) is 0 Å². The van der Waals surface area contributed by atoms with Crippen molar-refractivity contribution < 1.29 is 0 Å². The molecule has 0 radical (unpaired) electrons. The van der Waals surface area contributed by atoms with Crippen molar-refractivity contribution in [2.75, 3.05) is 0 Å². The Hall–Kier alpha value is -1.77. The lowest BCUT2D eigenvalue weighted by Crippen LogP contribution is -2.08. The highest BCUT2D eigenvalue weighted by molar-refractivity contribution is 5.79. The Morgan fingerprint density at radius 2 is 2.00 bits per heavy atom. The lowest BCUT2D eigenvalue weighted by Gasteiger charge is -2.17. The highest BCUT2D eigenvalue weighted by Gasteiger charge is 2.15. The Kier molecular flexibility index (Phi) is 4.48. The molecule has 0 saturated carbocycles. The summed E-state index contributed by atoms with van der Waals surface area (Å²) in [4.78, 5) is 13.5. The predicted octanol–water partition coefficient (Wildman–Crippen LogP) is 4.31. The molecule has 0 N–H and O–H groups in total. The molecule has 3 nitrogen and oxygen atoms in total. The molecule has 0 spiro atoms. The van der Waals surface area contributed by atoms with Gasteiger partial charge in [0.05, 0.1) is 5.69 Å². The minimum absolute atomic E-state index is 0.383. The molecule has 1 heterocycles. The van der Waals surface area contributed by atoms with Crippen molar-refractivity contribution in [2.45, 2.75) is 53.4 Å². The van der Waals surface area contributed by atoms with E-state index in [9.17, 15) is 0 Å².